The van der Waals surface area contributed by atoms with Gasteiger partial charge in [-0.25, -0.2) is 0 Å². The maximum atomic E-state index is 10.2. The van der Waals surface area contributed by atoms with Crippen molar-refractivity contribution in [2.45, 2.75) is 0 Å². The first-order chi connectivity index (χ1) is 5.58. The van der Waals surface area contributed by atoms with Gasteiger partial charge in [-0.2, -0.15) is 0 Å². The van der Waals surface area contributed by atoms with Crippen molar-refractivity contribution in [2.75, 3.05) is 0 Å². The number of hydrogen-bond donors (Lipinski definition) is 0. The van der Waals surface area contributed by atoms with E-state index in [1.54, 1.807) is 12.1 Å². The molecule has 1 aromatic rings. The SMILES string of the molecule is O=P([O-])([O-])/C=C/c1ccncc1. The molecule has 0 bridgehead atoms. The number of pyridine rings is 1. The highest BCUT2D eigenvalue weighted by atomic mass is 31.2. The maximum absolute atomic E-state index is 10.2. The molecule has 0 aliphatic rings. The molecule has 0 saturated heterocycles. The molecule has 64 valence electrons. The van der Waals surface area contributed by atoms with Crippen molar-refractivity contribution in [3.05, 3.63) is 35.9 Å². The van der Waals surface area contributed by atoms with E-state index in [1.165, 1.54) is 18.5 Å². The van der Waals surface area contributed by atoms with Crippen LogP contribution in [0.1, 0.15) is 5.56 Å². The highest BCUT2D eigenvalue weighted by Gasteiger charge is 1.84. The van der Waals surface area contributed by atoms with Crippen molar-refractivity contribution in [3.63, 3.8) is 0 Å². The minimum Gasteiger partial charge on any atom is -0.808 e. The molecule has 0 saturated carbocycles. The fraction of sp³-hybridized carbons (Fsp3) is 0. The minimum absolute atomic E-state index is 0.636. The predicted molar refractivity (Wildman–Crippen MR) is 40.9 cm³/mol. The average molecular weight is 183 g/mol. The van der Waals surface area contributed by atoms with Crippen LogP contribution in [0.4, 0.5) is 0 Å². The zero-order valence-electron chi connectivity index (χ0n) is 6.08. The molecular weight excluding hydrogens is 177 g/mol. The lowest BCUT2D eigenvalue weighted by Gasteiger charge is -2.24. The van der Waals surface area contributed by atoms with Crippen LogP contribution in [-0.4, -0.2) is 4.98 Å². The fourth-order valence-electron chi connectivity index (χ4n) is 0.652. The summed E-state index contributed by atoms with van der Waals surface area (Å²) >= 11 is 0. The van der Waals surface area contributed by atoms with Crippen molar-refractivity contribution in [1.82, 2.24) is 4.98 Å². The van der Waals surface area contributed by atoms with Gasteiger partial charge in [-0.3, -0.25) is 4.98 Å². The van der Waals surface area contributed by atoms with Gasteiger partial charge < -0.3 is 14.4 Å². The Bertz CT molecular complexity index is 317. The molecule has 0 N–H and O–H groups in total. The van der Waals surface area contributed by atoms with Gasteiger partial charge in [-0.05, 0) is 25.3 Å². The summed E-state index contributed by atoms with van der Waals surface area (Å²) in [6.07, 6.45) is 4.27. The summed E-state index contributed by atoms with van der Waals surface area (Å²) in [7, 11) is -4.53. The molecular formula is C7H6NO3P-2. The van der Waals surface area contributed by atoms with Crippen LogP contribution in [0.25, 0.3) is 6.08 Å². The number of hydrogen-bond acceptors (Lipinski definition) is 4. The quantitative estimate of drug-likeness (QED) is 0.603. The fourth-order valence-corrected chi connectivity index (χ4v) is 1.01. The normalized spacial score (nSPS) is 12.2. The largest absolute Gasteiger partial charge is 0.808 e. The summed E-state index contributed by atoms with van der Waals surface area (Å²) in [6, 6.07) is 3.21. The predicted octanol–water partition coefficient (Wildman–Crippen LogP) is -0.0340. The molecule has 0 fully saturated rings. The molecule has 5 heteroatoms. The van der Waals surface area contributed by atoms with E-state index in [2.05, 4.69) is 4.98 Å². The Morgan fingerprint density at radius 1 is 1.33 bits per heavy atom. The molecule has 0 radical (unpaired) electrons. The maximum Gasteiger partial charge on any atom is 0.0273 e. The van der Waals surface area contributed by atoms with E-state index in [-0.39, 0.29) is 0 Å². The van der Waals surface area contributed by atoms with Crippen LogP contribution in [0, 0.1) is 0 Å². The van der Waals surface area contributed by atoms with Crippen molar-refractivity contribution in [3.8, 4) is 0 Å². The Hall–Kier alpha value is -0.960. The summed E-state index contributed by atoms with van der Waals surface area (Å²) < 4.78 is 10.2. The first-order valence-corrected chi connectivity index (χ1v) is 4.80. The Kier molecular flexibility index (Phi) is 2.76. The Morgan fingerprint density at radius 3 is 2.42 bits per heavy atom. The van der Waals surface area contributed by atoms with Gasteiger partial charge in [0.25, 0.3) is 0 Å². The number of nitrogens with zero attached hydrogens (tertiary/aromatic N) is 1. The van der Waals surface area contributed by atoms with Gasteiger partial charge in [-0.1, -0.05) is 11.9 Å². The molecule has 0 unspecified atom stereocenters. The molecule has 4 nitrogen and oxygen atoms in total. The molecule has 0 aliphatic carbocycles. The third-order valence-corrected chi connectivity index (χ3v) is 1.67. The number of rotatable bonds is 2. The van der Waals surface area contributed by atoms with Gasteiger partial charge in [0, 0.05) is 12.4 Å². The summed E-state index contributed by atoms with van der Waals surface area (Å²) in [4.78, 5) is 24.1. The topological polar surface area (TPSA) is 76.1 Å². The van der Waals surface area contributed by atoms with Crippen LogP contribution in [-0.2, 0) is 4.57 Å². The molecule has 1 heterocycles. The zero-order chi connectivity index (χ0) is 9.03. The molecule has 0 spiro atoms. The summed E-state index contributed by atoms with van der Waals surface area (Å²) in [6.45, 7) is 0. The van der Waals surface area contributed by atoms with Gasteiger partial charge in [0.2, 0.25) is 0 Å². The van der Waals surface area contributed by atoms with Crippen molar-refractivity contribution in [1.29, 1.82) is 0 Å². The highest BCUT2D eigenvalue weighted by Crippen LogP contribution is 2.25. The Labute approximate surface area is 69.7 Å². The minimum atomic E-state index is -4.53. The second kappa shape index (κ2) is 3.63. The van der Waals surface area contributed by atoms with Crippen LogP contribution < -0.4 is 9.79 Å². The zero-order valence-corrected chi connectivity index (χ0v) is 6.98. The second-order valence-corrected chi connectivity index (χ2v) is 3.51. The molecule has 0 amide bonds. The summed E-state index contributed by atoms with van der Waals surface area (Å²) in [5, 5.41) is 0. The van der Waals surface area contributed by atoms with E-state index >= 15 is 0 Å². The lowest BCUT2D eigenvalue weighted by molar-refractivity contribution is -0.308. The molecule has 0 aliphatic heterocycles. The van der Waals surface area contributed by atoms with Gasteiger partial charge in [0.15, 0.2) is 0 Å². The van der Waals surface area contributed by atoms with Crippen LogP contribution in [0.3, 0.4) is 0 Å². The van der Waals surface area contributed by atoms with Crippen molar-refractivity contribution in [2.24, 2.45) is 0 Å². The van der Waals surface area contributed by atoms with E-state index < -0.39 is 7.60 Å². The average Bonchev–Trinajstić information content (AvgIpc) is 2.02. The van der Waals surface area contributed by atoms with Crippen LogP contribution in [0.5, 0.6) is 0 Å². The van der Waals surface area contributed by atoms with Crippen LogP contribution in [0.2, 0.25) is 0 Å². The van der Waals surface area contributed by atoms with Crippen molar-refractivity contribution < 1.29 is 14.4 Å². The highest BCUT2D eigenvalue weighted by molar-refractivity contribution is 7.52. The van der Waals surface area contributed by atoms with Crippen LogP contribution in [0.15, 0.2) is 30.3 Å². The Morgan fingerprint density at radius 2 is 1.92 bits per heavy atom. The lowest BCUT2D eigenvalue weighted by Crippen LogP contribution is -2.10. The molecule has 12 heavy (non-hydrogen) atoms. The van der Waals surface area contributed by atoms with E-state index in [1.807, 2.05) is 0 Å². The molecule has 0 aromatic carbocycles. The summed E-state index contributed by atoms with van der Waals surface area (Å²) in [5.41, 5.74) is 0.636. The van der Waals surface area contributed by atoms with E-state index in [4.69, 9.17) is 0 Å². The van der Waals surface area contributed by atoms with E-state index in [0.717, 1.165) is 0 Å². The molecule has 0 atom stereocenters. The van der Waals surface area contributed by atoms with Gasteiger partial charge in [-0.15, -0.1) is 0 Å². The summed E-state index contributed by atoms with van der Waals surface area (Å²) in [5.74, 6) is 0.641. The van der Waals surface area contributed by atoms with Gasteiger partial charge in [0.05, 0.1) is 0 Å². The molecule has 1 rings (SSSR count). The second-order valence-electron chi connectivity index (χ2n) is 2.14. The first-order valence-electron chi connectivity index (χ1n) is 3.19. The monoisotopic (exact) mass is 183 g/mol. The molecule has 1 aromatic heterocycles. The smallest absolute Gasteiger partial charge is 0.0273 e. The van der Waals surface area contributed by atoms with Crippen LogP contribution >= 0.6 is 7.60 Å². The standard InChI is InChI=1S/C7H8NO3P/c9-12(10,11)6-3-7-1-4-8-5-2-7/h1-6H,(H2,9,10,11)/p-2/b6-3+. The van der Waals surface area contributed by atoms with E-state index in [9.17, 15) is 14.4 Å². The van der Waals surface area contributed by atoms with Gasteiger partial charge >= 0.3 is 0 Å². The van der Waals surface area contributed by atoms with Crippen molar-refractivity contribution >= 4 is 13.7 Å². The third kappa shape index (κ3) is 3.44. The van der Waals surface area contributed by atoms with E-state index in [0.29, 0.717) is 11.4 Å². The number of aromatic nitrogens is 1. The van der Waals surface area contributed by atoms with Gasteiger partial charge in [0.1, 0.15) is 0 Å². The lowest BCUT2D eigenvalue weighted by atomic mass is 10.3. The Balaban J connectivity index is 2.78. The third-order valence-electron chi connectivity index (χ3n) is 1.16. The first kappa shape index (κ1) is 9.13.